The Bertz CT molecular complexity index is 556. The van der Waals surface area contributed by atoms with E-state index in [1.807, 2.05) is 0 Å². The van der Waals surface area contributed by atoms with E-state index in [1.165, 1.54) is 20.2 Å². The molecule has 0 spiro atoms. The summed E-state index contributed by atoms with van der Waals surface area (Å²) in [5.74, 6) is -0.658. The second-order valence-corrected chi connectivity index (χ2v) is 5.97. The monoisotopic (exact) mass is 297 g/mol. The van der Waals surface area contributed by atoms with Gasteiger partial charge in [0.15, 0.2) is 5.75 Å². The molecule has 1 N–H and O–H groups in total. The van der Waals surface area contributed by atoms with Gasteiger partial charge in [0.2, 0.25) is 0 Å². The molecule has 1 rings (SSSR count). The number of methoxy groups -OCH3 is 1. The maximum absolute atomic E-state index is 11.5. The summed E-state index contributed by atoms with van der Waals surface area (Å²) in [5, 5.41) is 2.42. The van der Waals surface area contributed by atoms with E-state index in [9.17, 15) is 13.2 Å². The summed E-state index contributed by atoms with van der Waals surface area (Å²) >= 11 is 5.73. The molecule has 0 saturated carbocycles. The molecule has 0 heterocycles. The molecular formula is C9H9Cl2NO4S. The Morgan fingerprint density at radius 2 is 2.00 bits per heavy atom. The number of carbonyl (C=O) groups is 1. The Kier molecular flexibility index (Phi) is 4.24. The van der Waals surface area contributed by atoms with Gasteiger partial charge in [0.25, 0.3) is 15.0 Å². The molecule has 0 bridgehead atoms. The summed E-state index contributed by atoms with van der Waals surface area (Å²) in [4.78, 5) is 11.2. The molecule has 0 atom stereocenters. The SMILES string of the molecule is CNC(=O)c1cc(Cl)cc(S(=O)(=O)Cl)c1OC. The number of nitrogens with one attached hydrogen (secondary N) is 1. The molecule has 5 nitrogen and oxygen atoms in total. The second kappa shape index (κ2) is 5.12. The fraction of sp³-hybridized carbons (Fsp3) is 0.222. The fourth-order valence-corrected chi connectivity index (χ4v) is 2.57. The number of hydrogen-bond donors (Lipinski definition) is 1. The van der Waals surface area contributed by atoms with E-state index in [4.69, 9.17) is 27.0 Å². The molecule has 1 amide bonds. The fourth-order valence-electron chi connectivity index (χ4n) is 1.26. The van der Waals surface area contributed by atoms with Crippen molar-refractivity contribution < 1.29 is 17.9 Å². The number of benzene rings is 1. The minimum atomic E-state index is -4.05. The van der Waals surface area contributed by atoms with E-state index in [2.05, 4.69) is 5.32 Å². The van der Waals surface area contributed by atoms with Crippen LogP contribution in [-0.2, 0) is 9.05 Å². The predicted molar refractivity (Wildman–Crippen MR) is 64.4 cm³/mol. The van der Waals surface area contributed by atoms with Crippen molar-refractivity contribution in [1.82, 2.24) is 5.32 Å². The van der Waals surface area contributed by atoms with Crippen LogP contribution in [0.4, 0.5) is 0 Å². The van der Waals surface area contributed by atoms with E-state index in [1.54, 1.807) is 0 Å². The third-order valence-electron chi connectivity index (χ3n) is 1.96. The van der Waals surface area contributed by atoms with Crippen LogP contribution in [0.1, 0.15) is 10.4 Å². The van der Waals surface area contributed by atoms with Crippen LogP contribution in [0.2, 0.25) is 5.02 Å². The highest BCUT2D eigenvalue weighted by atomic mass is 35.7. The van der Waals surface area contributed by atoms with Crippen molar-refractivity contribution in [1.29, 1.82) is 0 Å². The average Bonchev–Trinajstić information content (AvgIpc) is 2.25. The van der Waals surface area contributed by atoms with Crippen molar-refractivity contribution in [2.24, 2.45) is 0 Å². The first-order valence-electron chi connectivity index (χ1n) is 4.35. The van der Waals surface area contributed by atoms with Crippen molar-refractivity contribution >= 4 is 37.2 Å². The van der Waals surface area contributed by atoms with Crippen LogP contribution in [0.3, 0.4) is 0 Å². The number of hydrogen-bond acceptors (Lipinski definition) is 4. The normalized spacial score (nSPS) is 11.1. The topological polar surface area (TPSA) is 72.5 Å². The van der Waals surface area contributed by atoms with Gasteiger partial charge in [0, 0.05) is 22.8 Å². The van der Waals surface area contributed by atoms with Crippen LogP contribution < -0.4 is 10.1 Å². The Morgan fingerprint density at radius 1 is 1.41 bits per heavy atom. The predicted octanol–water partition coefficient (Wildman–Crippen LogP) is 1.64. The highest BCUT2D eigenvalue weighted by molar-refractivity contribution is 8.13. The maximum Gasteiger partial charge on any atom is 0.265 e. The zero-order valence-corrected chi connectivity index (χ0v) is 11.3. The lowest BCUT2D eigenvalue weighted by Gasteiger charge is -2.11. The van der Waals surface area contributed by atoms with Gasteiger partial charge in [0.1, 0.15) is 4.90 Å². The number of halogens is 2. The van der Waals surface area contributed by atoms with Crippen molar-refractivity contribution in [2.75, 3.05) is 14.2 Å². The van der Waals surface area contributed by atoms with E-state index in [-0.39, 0.29) is 21.2 Å². The zero-order valence-electron chi connectivity index (χ0n) is 8.95. The standard InChI is InChI=1S/C9H9Cl2NO4S/c1-12-9(13)6-3-5(10)4-7(8(6)16-2)17(11,14)15/h3-4H,1-2H3,(H,12,13). The molecule has 0 fully saturated rings. The van der Waals surface area contributed by atoms with Gasteiger partial charge in [-0.15, -0.1) is 0 Å². The number of ether oxygens (including phenoxy) is 1. The Balaban J connectivity index is 3.63. The third-order valence-corrected chi connectivity index (χ3v) is 3.50. The Hall–Kier alpha value is -0.980. The second-order valence-electron chi connectivity index (χ2n) is 3.00. The molecule has 1 aromatic rings. The van der Waals surface area contributed by atoms with Crippen molar-refractivity contribution in [3.05, 3.63) is 22.7 Å². The first-order valence-corrected chi connectivity index (χ1v) is 7.04. The summed E-state index contributed by atoms with van der Waals surface area (Å²) in [7, 11) is 3.82. The lowest BCUT2D eigenvalue weighted by Crippen LogP contribution is -2.19. The Labute approximate surface area is 108 Å². The smallest absolute Gasteiger partial charge is 0.265 e. The molecule has 1 aromatic carbocycles. The van der Waals surface area contributed by atoms with Crippen molar-refractivity contribution in [3.8, 4) is 5.75 Å². The van der Waals surface area contributed by atoms with Gasteiger partial charge >= 0.3 is 0 Å². The maximum atomic E-state index is 11.5. The molecule has 0 radical (unpaired) electrons. The summed E-state index contributed by atoms with van der Waals surface area (Å²) in [6, 6.07) is 2.42. The number of amides is 1. The van der Waals surface area contributed by atoms with E-state index in [0.717, 1.165) is 6.07 Å². The van der Waals surface area contributed by atoms with Gasteiger partial charge in [-0.3, -0.25) is 4.79 Å². The molecular weight excluding hydrogens is 289 g/mol. The van der Waals surface area contributed by atoms with Gasteiger partial charge < -0.3 is 10.1 Å². The van der Waals surface area contributed by atoms with Crippen LogP contribution in [0, 0.1) is 0 Å². The number of carbonyl (C=O) groups excluding carboxylic acids is 1. The highest BCUT2D eigenvalue weighted by Crippen LogP contribution is 2.33. The summed E-state index contributed by atoms with van der Waals surface area (Å²) < 4.78 is 27.5. The van der Waals surface area contributed by atoms with Gasteiger partial charge in [-0.05, 0) is 12.1 Å². The molecule has 94 valence electrons. The quantitative estimate of drug-likeness (QED) is 0.861. The molecule has 0 aliphatic heterocycles. The molecule has 17 heavy (non-hydrogen) atoms. The minimum absolute atomic E-state index is 0.00160. The van der Waals surface area contributed by atoms with Gasteiger partial charge in [-0.1, -0.05) is 11.6 Å². The molecule has 0 aliphatic rings. The first kappa shape index (κ1) is 14.1. The van der Waals surface area contributed by atoms with Crippen LogP contribution in [0.15, 0.2) is 17.0 Å². The van der Waals surface area contributed by atoms with Gasteiger partial charge in [0.05, 0.1) is 12.7 Å². The largest absolute Gasteiger partial charge is 0.494 e. The van der Waals surface area contributed by atoms with Crippen LogP contribution >= 0.6 is 22.3 Å². The average molecular weight is 298 g/mol. The lowest BCUT2D eigenvalue weighted by molar-refractivity contribution is 0.0959. The molecule has 0 saturated heterocycles. The zero-order chi connectivity index (χ0) is 13.2. The van der Waals surface area contributed by atoms with Crippen molar-refractivity contribution in [2.45, 2.75) is 4.90 Å². The van der Waals surface area contributed by atoms with Crippen molar-refractivity contribution in [3.63, 3.8) is 0 Å². The number of rotatable bonds is 3. The summed E-state index contributed by atoms with van der Waals surface area (Å²) in [6.45, 7) is 0. The molecule has 0 aliphatic carbocycles. The van der Waals surface area contributed by atoms with E-state index < -0.39 is 15.0 Å². The minimum Gasteiger partial charge on any atom is -0.494 e. The molecule has 0 unspecified atom stereocenters. The first-order chi connectivity index (χ1) is 7.81. The summed E-state index contributed by atoms with van der Waals surface area (Å²) in [6.07, 6.45) is 0. The van der Waals surface area contributed by atoms with Gasteiger partial charge in [-0.25, -0.2) is 8.42 Å². The highest BCUT2D eigenvalue weighted by Gasteiger charge is 2.23. The summed E-state index contributed by atoms with van der Waals surface area (Å²) in [5.41, 5.74) is 0.00160. The van der Waals surface area contributed by atoms with E-state index in [0.29, 0.717) is 0 Å². The lowest BCUT2D eigenvalue weighted by atomic mass is 10.2. The third kappa shape index (κ3) is 3.02. The molecule has 8 heteroatoms. The van der Waals surface area contributed by atoms with Crippen LogP contribution in [0.5, 0.6) is 5.75 Å². The van der Waals surface area contributed by atoms with Gasteiger partial charge in [-0.2, -0.15) is 0 Å². The molecule has 0 aromatic heterocycles. The van der Waals surface area contributed by atoms with Crippen LogP contribution in [0.25, 0.3) is 0 Å². The van der Waals surface area contributed by atoms with Crippen LogP contribution in [-0.4, -0.2) is 28.5 Å². The Morgan fingerprint density at radius 3 is 2.41 bits per heavy atom. The van der Waals surface area contributed by atoms with E-state index >= 15 is 0 Å².